The maximum Gasteiger partial charge on any atom is 0.214 e. The van der Waals surface area contributed by atoms with Crippen molar-refractivity contribution in [2.24, 2.45) is 10.9 Å². The second kappa shape index (κ2) is 4.99. The van der Waals surface area contributed by atoms with Crippen molar-refractivity contribution < 1.29 is 9.53 Å². The van der Waals surface area contributed by atoms with Crippen LogP contribution < -0.4 is 0 Å². The molecule has 84 valence electrons. The molecule has 1 atom stereocenters. The highest BCUT2D eigenvalue weighted by Crippen LogP contribution is 2.27. The summed E-state index contributed by atoms with van der Waals surface area (Å²) in [6.45, 7) is 4.05. The number of halogens is 2. The Morgan fingerprint density at radius 2 is 2.13 bits per heavy atom. The standard InChI is InChI=1S/C10H13Cl2NO2/c1-5(2)4-6-7(11)9(14)8(12)10(13-6)15-3/h5,8H,4H2,1-3H3. The number of rotatable bonds is 2. The van der Waals surface area contributed by atoms with Gasteiger partial charge < -0.3 is 4.74 Å². The zero-order valence-electron chi connectivity index (χ0n) is 8.88. The first-order valence-electron chi connectivity index (χ1n) is 4.66. The minimum absolute atomic E-state index is 0.129. The molecule has 1 aliphatic heterocycles. The third-order valence-corrected chi connectivity index (χ3v) is 2.76. The Morgan fingerprint density at radius 1 is 1.53 bits per heavy atom. The van der Waals surface area contributed by atoms with E-state index in [4.69, 9.17) is 27.9 Å². The topological polar surface area (TPSA) is 38.7 Å². The molecule has 1 aliphatic rings. The summed E-state index contributed by atoms with van der Waals surface area (Å²) >= 11 is 11.7. The van der Waals surface area contributed by atoms with E-state index in [1.54, 1.807) is 0 Å². The van der Waals surface area contributed by atoms with Gasteiger partial charge in [-0.15, -0.1) is 11.6 Å². The van der Waals surface area contributed by atoms with E-state index < -0.39 is 5.38 Å². The Balaban J connectivity index is 3.03. The number of hydrogen-bond acceptors (Lipinski definition) is 3. The Hall–Kier alpha value is -0.540. The number of methoxy groups -OCH3 is 1. The van der Waals surface area contributed by atoms with Crippen LogP contribution in [0, 0.1) is 5.92 Å². The highest BCUT2D eigenvalue weighted by atomic mass is 35.5. The summed E-state index contributed by atoms with van der Waals surface area (Å²) in [5.74, 6) is 0.262. The van der Waals surface area contributed by atoms with Gasteiger partial charge in [-0.2, -0.15) is 0 Å². The van der Waals surface area contributed by atoms with Gasteiger partial charge in [0.15, 0.2) is 5.38 Å². The van der Waals surface area contributed by atoms with Crippen LogP contribution in [0.3, 0.4) is 0 Å². The molecule has 0 aromatic rings. The summed E-state index contributed by atoms with van der Waals surface area (Å²) in [5.41, 5.74) is 0.561. The molecule has 0 bridgehead atoms. The molecule has 3 nitrogen and oxygen atoms in total. The highest BCUT2D eigenvalue weighted by molar-refractivity contribution is 6.54. The number of ketones is 1. The van der Waals surface area contributed by atoms with Gasteiger partial charge in [0.05, 0.1) is 12.8 Å². The largest absolute Gasteiger partial charge is 0.483 e. The molecular formula is C10H13Cl2NO2. The van der Waals surface area contributed by atoms with Crippen molar-refractivity contribution in [1.29, 1.82) is 0 Å². The van der Waals surface area contributed by atoms with Crippen LogP contribution in [-0.2, 0) is 9.53 Å². The fraction of sp³-hybridized carbons (Fsp3) is 0.600. The summed E-state index contributed by atoms with van der Waals surface area (Å²) < 4.78 is 4.94. The van der Waals surface area contributed by atoms with Gasteiger partial charge in [0.2, 0.25) is 11.7 Å². The predicted octanol–water partition coefficient (Wildman–Crippen LogP) is 2.72. The van der Waals surface area contributed by atoms with Crippen LogP contribution in [0.1, 0.15) is 20.3 Å². The van der Waals surface area contributed by atoms with Crippen molar-refractivity contribution in [3.05, 3.63) is 10.7 Å². The Morgan fingerprint density at radius 3 is 2.60 bits per heavy atom. The normalized spacial score (nSPS) is 22.1. The number of alkyl halides is 1. The van der Waals surface area contributed by atoms with Crippen molar-refractivity contribution >= 4 is 34.9 Å². The first-order chi connectivity index (χ1) is 6.97. The van der Waals surface area contributed by atoms with Gasteiger partial charge in [0.25, 0.3) is 0 Å². The van der Waals surface area contributed by atoms with Crippen LogP contribution in [0.15, 0.2) is 15.7 Å². The van der Waals surface area contributed by atoms with Gasteiger partial charge >= 0.3 is 0 Å². The summed E-state index contributed by atoms with van der Waals surface area (Å²) in [6.07, 6.45) is 0.640. The summed E-state index contributed by atoms with van der Waals surface area (Å²) in [5, 5.41) is -0.761. The number of Topliss-reactive ketones (excluding diaryl/α,β-unsaturated/α-hetero) is 1. The van der Waals surface area contributed by atoms with E-state index in [1.165, 1.54) is 7.11 Å². The van der Waals surface area contributed by atoms with Crippen molar-refractivity contribution in [2.45, 2.75) is 25.6 Å². The third-order valence-electron chi connectivity index (χ3n) is 1.97. The molecule has 0 saturated heterocycles. The fourth-order valence-corrected chi connectivity index (χ4v) is 1.81. The van der Waals surface area contributed by atoms with Crippen molar-refractivity contribution in [3.8, 4) is 0 Å². The molecule has 0 aliphatic carbocycles. The van der Waals surface area contributed by atoms with Gasteiger partial charge in [0, 0.05) is 0 Å². The molecule has 0 radical (unpaired) electrons. The van der Waals surface area contributed by atoms with Crippen LogP contribution in [0.4, 0.5) is 0 Å². The minimum Gasteiger partial charge on any atom is -0.483 e. The first kappa shape index (κ1) is 12.5. The van der Waals surface area contributed by atoms with E-state index in [2.05, 4.69) is 4.99 Å². The average Bonchev–Trinajstić information content (AvgIpc) is 2.18. The van der Waals surface area contributed by atoms with Crippen molar-refractivity contribution in [1.82, 2.24) is 0 Å². The zero-order chi connectivity index (χ0) is 11.6. The van der Waals surface area contributed by atoms with E-state index >= 15 is 0 Å². The number of carbonyl (C=O) groups excluding carboxylic acids is 1. The number of ether oxygens (including phenoxy) is 1. The lowest BCUT2D eigenvalue weighted by molar-refractivity contribution is -0.114. The number of allylic oxidation sites excluding steroid dienone is 2. The number of nitrogens with zero attached hydrogens (tertiary/aromatic N) is 1. The van der Waals surface area contributed by atoms with Crippen LogP contribution in [0.2, 0.25) is 0 Å². The molecule has 1 unspecified atom stereocenters. The molecule has 0 saturated carbocycles. The molecule has 15 heavy (non-hydrogen) atoms. The maximum atomic E-state index is 11.6. The minimum atomic E-state index is -0.890. The van der Waals surface area contributed by atoms with E-state index in [1.807, 2.05) is 13.8 Å². The van der Waals surface area contributed by atoms with Crippen molar-refractivity contribution in [3.63, 3.8) is 0 Å². The molecule has 0 aromatic carbocycles. The molecule has 5 heteroatoms. The maximum absolute atomic E-state index is 11.6. The second-order valence-corrected chi connectivity index (χ2v) is 4.55. The molecule has 0 N–H and O–H groups in total. The molecule has 0 fully saturated rings. The van der Waals surface area contributed by atoms with Gasteiger partial charge in [-0.1, -0.05) is 25.4 Å². The van der Waals surface area contributed by atoms with E-state index in [9.17, 15) is 4.79 Å². The number of carbonyl (C=O) groups is 1. The van der Waals surface area contributed by atoms with E-state index in [0.29, 0.717) is 18.0 Å². The second-order valence-electron chi connectivity index (χ2n) is 3.74. The molecular weight excluding hydrogens is 237 g/mol. The monoisotopic (exact) mass is 249 g/mol. The van der Waals surface area contributed by atoms with Crippen LogP contribution in [0.25, 0.3) is 0 Å². The zero-order valence-corrected chi connectivity index (χ0v) is 10.4. The first-order valence-corrected chi connectivity index (χ1v) is 5.48. The van der Waals surface area contributed by atoms with Crippen LogP contribution >= 0.6 is 23.2 Å². The van der Waals surface area contributed by atoms with Gasteiger partial charge in [-0.25, -0.2) is 4.99 Å². The van der Waals surface area contributed by atoms with Crippen LogP contribution in [-0.4, -0.2) is 24.2 Å². The van der Waals surface area contributed by atoms with Gasteiger partial charge in [-0.05, 0) is 12.3 Å². The Bertz CT molecular complexity index is 334. The highest BCUT2D eigenvalue weighted by Gasteiger charge is 2.31. The summed E-state index contributed by atoms with van der Waals surface area (Å²) in [7, 11) is 1.44. The summed E-state index contributed by atoms with van der Waals surface area (Å²) in [4.78, 5) is 15.7. The predicted molar refractivity (Wildman–Crippen MR) is 61.4 cm³/mol. The lowest BCUT2D eigenvalue weighted by Gasteiger charge is -2.18. The Labute approximate surface area is 99.1 Å². The molecule has 1 rings (SSSR count). The lowest BCUT2D eigenvalue weighted by atomic mass is 10.0. The summed E-state index contributed by atoms with van der Waals surface area (Å²) in [6, 6.07) is 0. The molecule has 0 spiro atoms. The lowest BCUT2D eigenvalue weighted by Crippen LogP contribution is -2.30. The molecule has 1 heterocycles. The smallest absolute Gasteiger partial charge is 0.214 e. The molecule has 0 aromatic heterocycles. The molecule has 0 amide bonds. The average molecular weight is 250 g/mol. The van der Waals surface area contributed by atoms with E-state index in [-0.39, 0.29) is 16.7 Å². The fourth-order valence-electron chi connectivity index (χ4n) is 1.28. The quantitative estimate of drug-likeness (QED) is 0.707. The third kappa shape index (κ3) is 2.73. The van der Waals surface area contributed by atoms with Crippen LogP contribution in [0.5, 0.6) is 0 Å². The SMILES string of the molecule is COC1=NC(CC(C)C)=C(Cl)C(=O)C1Cl. The van der Waals surface area contributed by atoms with Gasteiger partial charge in [0.1, 0.15) is 5.03 Å². The number of hydrogen-bond donors (Lipinski definition) is 0. The Kier molecular flexibility index (Phi) is 4.17. The van der Waals surface area contributed by atoms with Crippen molar-refractivity contribution in [2.75, 3.05) is 7.11 Å². The number of aliphatic imine (C=N–C) groups is 1. The van der Waals surface area contributed by atoms with E-state index in [0.717, 1.165) is 0 Å². The van der Waals surface area contributed by atoms with Gasteiger partial charge in [-0.3, -0.25) is 4.79 Å².